The first-order valence-electron chi connectivity index (χ1n) is 5.73. The monoisotopic (exact) mass is 322 g/mol. The van der Waals surface area contributed by atoms with E-state index < -0.39 is 0 Å². The van der Waals surface area contributed by atoms with Crippen LogP contribution in [0.4, 0.5) is 0 Å². The summed E-state index contributed by atoms with van der Waals surface area (Å²) >= 11 is 3.37. The average Bonchev–Trinajstić information content (AvgIpc) is 3.08. The maximum absolute atomic E-state index is 5.25. The minimum Gasteiger partial charge on any atom is -0.339 e. The van der Waals surface area contributed by atoms with Gasteiger partial charge >= 0.3 is 0 Å². The molecule has 0 radical (unpaired) electrons. The molecule has 1 unspecified atom stereocenters. The van der Waals surface area contributed by atoms with Crippen LogP contribution in [0.5, 0.6) is 0 Å². The number of halogens is 1. The van der Waals surface area contributed by atoms with Crippen LogP contribution in [0.3, 0.4) is 0 Å². The molecule has 98 valence electrons. The van der Waals surface area contributed by atoms with Crippen molar-refractivity contribution in [2.24, 2.45) is 0 Å². The van der Waals surface area contributed by atoms with E-state index in [0.29, 0.717) is 23.8 Å². The Kier molecular flexibility index (Phi) is 3.16. The molecule has 8 heteroatoms. The highest BCUT2D eigenvalue weighted by atomic mass is 79.9. The molecule has 0 saturated heterocycles. The number of imidazole rings is 1. The van der Waals surface area contributed by atoms with Gasteiger partial charge in [0.15, 0.2) is 0 Å². The van der Waals surface area contributed by atoms with Crippen LogP contribution in [-0.4, -0.2) is 29.9 Å². The van der Waals surface area contributed by atoms with Crippen molar-refractivity contribution in [3.05, 3.63) is 35.3 Å². The van der Waals surface area contributed by atoms with Crippen LogP contribution in [0.2, 0.25) is 0 Å². The fraction of sp³-hybridized carbons (Fsp3) is 0.273. The quantitative estimate of drug-likeness (QED) is 0.796. The molecule has 3 rings (SSSR count). The predicted octanol–water partition coefficient (Wildman–Crippen LogP) is 2.22. The molecule has 7 nitrogen and oxygen atoms in total. The van der Waals surface area contributed by atoms with Gasteiger partial charge < -0.3 is 9.09 Å². The minimum atomic E-state index is 0.209. The molecule has 0 aromatic carbocycles. The fourth-order valence-electron chi connectivity index (χ4n) is 1.76. The number of aromatic amines is 1. The van der Waals surface area contributed by atoms with Crippen molar-refractivity contribution in [1.29, 1.82) is 0 Å². The van der Waals surface area contributed by atoms with Crippen molar-refractivity contribution in [2.45, 2.75) is 19.4 Å². The molecule has 19 heavy (non-hydrogen) atoms. The smallest absolute Gasteiger partial charge is 0.229 e. The van der Waals surface area contributed by atoms with Crippen molar-refractivity contribution < 1.29 is 4.52 Å². The van der Waals surface area contributed by atoms with E-state index in [4.69, 9.17) is 4.52 Å². The summed E-state index contributed by atoms with van der Waals surface area (Å²) in [5, 5.41) is 10.7. The maximum Gasteiger partial charge on any atom is 0.229 e. The molecular formula is C11H11BrN6O. The third-order valence-corrected chi connectivity index (χ3v) is 3.39. The van der Waals surface area contributed by atoms with Gasteiger partial charge in [-0.15, -0.1) is 0 Å². The number of aromatic nitrogens is 6. The van der Waals surface area contributed by atoms with E-state index in [9.17, 15) is 0 Å². The van der Waals surface area contributed by atoms with Crippen LogP contribution in [0.1, 0.15) is 18.9 Å². The number of nitrogens with one attached hydrogen (secondary N) is 1. The van der Waals surface area contributed by atoms with Crippen molar-refractivity contribution in [3.8, 4) is 11.5 Å². The Morgan fingerprint density at radius 1 is 1.53 bits per heavy atom. The zero-order chi connectivity index (χ0) is 13.2. The van der Waals surface area contributed by atoms with Gasteiger partial charge in [-0.25, -0.2) is 4.98 Å². The van der Waals surface area contributed by atoms with Crippen molar-refractivity contribution >= 4 is 15.9 Å². The van der Waals surface area contributed by atoms with Crippen LogP contribution < -0.4 is 0 Å². The zero-order valence-electron chi connectivity index (χ0n) is 10.1. The number of nitrogens with zero attached hydrogens (tertiary/aromatic N) is 5. The largest absolute Gasteiger partial charge is 0.339 e. The summed E-state index contributed by atoms with van der Waals surface area (Å²) in [6.45, 7) is 2.07. The first-order valence-corrected chi connectivity index (χ1v) is 6.52. The molecule has 0 aliphatic carbocycles. The van der Waals surface area contributed by atoms with Gasteiger partial charge in [-0.05, 0) is 22.9 Å². The first-order chi connectivity index (χ1) is 9.24. The first kappa shape index (κ1) is 12.1. The highest BCUT2D eigenvalue weighted by Gasteiger charge is 2.15. The van der Waals surface area contributed by atoms with Crippen LogP contribution in [0.15, 0.2) is 33.9 Å². The maximum atomic E-state index is 5.25. The predicted molar refractivity (Wildman–Crippen MR) is 70.2 cm³/mol. The number of H-pyrrole nitrogens is 1. The molecule has 0 aliphatic heterocycles. The van der Waals surface area contributed by atoms with E-state index in [1.54, 1.807) is 18.7 Å². The summed E-state index contributed by atoms with van der Waals surface area (Å²) in [6.07, 6.45) is 7.73. The Bertz CT molecular complexity index is 658. The zero-order valence-corrected chi connectivity index (χ0v) is 11.7. The van der Waals surface area contributed by atoms with Gasteiger partial charge in [0.2, 0.25) is 11.7 Å². The van der Waals surface area contributed by atoms with Gasteiger partial charge in [-0.1, -0.05) is 5.16 Å². The van der Waals surface area contributed by atoms with Crippen LogP contribution in [-0.2, 0) is 6.42 Å². The molecule has 3 aromatic rings. The minimum absolute atomic E-state index is 0.209. The normalized spacial score (nSPS) is 12.7. The molecular weight excluding hydrogens is 312 g/mol. The Labute approximate surface area is 117 Å². The van der Waals surface area contributed by atoms with Gasteiger partial charge in [0.1, 0.15) is 5.69 Å². The lowest BCUT2D eigenvalue weighted by Gasteiger charge is -2.09. The second-order valence-corrected chi connectivity index (χ2v) is 5.02. The number of hydrogen-bond donors (Lipinski definition) is 1. The van der Waals surface area contributed by atoms with Gasteiger partial charge in [0.05, 0.1) is 17.0 Å². The molecule has 0 amide bonds. The molecule has 0 spiro atoms. The molecule has 1 N–H and O–H groups in total. The van der Waals surface area contributed by atoms with Crippen molar-refractivity contribution in [2.75, 3.05) is 0 Å². The van der Waals surface area contributed by atoms with Crippen LogP contribution in [0, 0.1) is 0 Å². The third-order valence-electron chi connectivity index (χ3n) is 2.79. The van der Waals surface area contributed by atoms with Gasteiger partial charge in [-0.2, -0.15) is 10.1 Å². The second-order valence-electron chi connectivity index (χ2n) is 4.17. The highest BCUT2D eigenvalue weighted by molar-refractivity contribution is 9.10. The van der Waals surface area contributed by atoms with Gasteiger partial charge in [0.25, 0.3) is 0 Å². The average molecular weight is 323 g/mol. The molecule has 0 aliphatic rings. The summed E-state index contributed by atoms with van der Waals surface area (Å²) in [4.78, 5) is 8.37. The van der Waals surface area contributed by atoms with Crippen LogP contribution >= 0.6 is 15.9 Å². The number of rotatable bonds is 4. The molecule has 0 saturated carbocycles. The Morgan fingerprint density at radius 3 is 3.11 bits per heavy atom. The summed E-state index contributed by atoms with van der Waals surface area (Å²) in [5.41, 5.74) is 0.713. The van der Waals surface area contributed by atoms with Crippen molar-refractivity contribution in [3.63, 3.8) is 0 Å². The second kappa shape index (κ2) is 4.96. The van der Waals surface area contributed by atoms with Crippen molar-refractivity contribution in [1.82, 2.24) is 29.9 Å². The summed E-state index contributed by atoms with van der Waals surface area (Å²) in [5.74, 6) is 1.08. The highest BCUT2D eigenvalue weighted by Crippen LogP contribution is 2.23. The molecule has 1 atom stereocenters. The Balaban J connectivity index is 1.77. The molecule has 3 heterocycles. The van der Waals surface area contributed by atoms with E-state index in [-0.39, 0.29) is 6.04 Å². The lowest BCUT2D eigenvalue weighted by Crippen LogP contribution is -2.06. The summed E-state index contributed by atoms with van der Waals surface area (Å²) in [7, 11) is 0. The lowest BCUT2D eigenvalue weighted by molar-refractivity contribution is 0.356. The lowest BCUT2D eigenvalue weighted by atomic mass is 10.2. The SMILES string of the molecule is CC(Cc1nc(-c2[nH]ncc2Br)no1)n1ccnc1. The van der Waals surface area contributed by atoms with E-state index in [1.165, 1.54) is 0 Å². The van der Waals surface area contributed by atoms with E-state index in [0.717, 1.165) is 4.47 Å². The summed E-state index contributed by atoms with van der Waals surface area (Å²) < 4.78 is 8.05. The topological polar surface area (TPSA) is 85.4 Å². The Hall–Kier alpha value is -1.96. The van der Waals surface area contributed by atoms with Crippen LogP contribution in [0.25, 0.3) is 11.5 Å². The van der Waals surface area contributed by atoms with E-state index in [1.807, 2.05) is 10.8 Å². The molecule has 3 aromatic heterocycles. The fourth-order valence-corrected chi connectivity index (χ4v) is 2.12. The van der Waals surface area contributed by atoms with Gasteiger partial charge in [-0.3, -0.25) is 5.10 Å². The third kappa shape index (κ3) is 2.43. The van der Waals surface area contributed by atoms with Gasteiger partial charge in [0, 0.05) is 24.9 Å². The Morgan fingerprint density at radius 2 is 2.42 bits per heavy atom. The van der Waals surface area contributed by atoms with E-state index in [2.05, 4.69) is 48.2 Å². The van der Waals surface area contributed by atoms with E-state index >= 15 is 0 Å². The summed E-state index contributed by atoms with van der Waals surface area (Å²) in [6, 6.07) is 0.209. The molecule has 0 fully saturated rings. The molecule has 0 bridgehead atoms. The number of hydrogen-bond acceptors (Lipinski definition) is 5. The standard InChI is InChI=1S/C11H11BrN6O/c1-7(18-3-2-13-6-18)4-9-15-11(17-19-9)10-8(12)5-14-16-10/h2-3,5-7H,4H2,1H3,(H,14,16).